The van der Waals surface area contributed by atoms with E-state index in [0.29, 0.717) is 11.0 Å². The first kappa shape index (κ1) is 16.3. The van der Waals surface area contributed by atoms with E-state index < -0.39 is 6.04 Å². The van der Waals surface area contributed by atoms with Gasteiger partial charge in [-0.05, 0) is 31.8 Å². The third kappa shape index (κ3) is 5.82. The van der Waals surface area contributed by atoms with Gasteiger partial charge in [-0.25, -0.2) is 4.79 Å². The van der Waals surface area contributed by atoms with E-state index >= 15 is 0 Å². The van der Waals surface area contributed by atoms with Gasteiger partial charge in [0.05, 0.1) is 12.9 Å². The second-order valence-corrected chi connectivity index (χ2v) is 6.36. The fraction of sp³-hybridized carbons (Fsp3) is 0.846. The fourth-order valence-electron chi connectivity index (χ4n) is 2.00. The molecule has 1 rings (SSSR count). The van der Waals surface area contributed by atoms with E-state index in [9.17, 15) is 9.59 Å². The van der Waals surface area contributed by atoms with Crippen LogP contribution in [0.15, 0.2) is 0 Å². The maximum atomic E-state index is 11.9. The molecular formula is C13H24N2O3S. The molecule has 0 aliphatic carbocycles. The molecule has 0 saturated carbocycles. The van der Waals surface area contributed by atoms with Crippen LogP contribution in [0.4, 0.5) is 0 Å². The summed E-state index contributed by atoms with van der Waals surface area (Å²) >= 11 is 1.67. The molecule has 1 aliphatic heterocycles. The Kier molecular flexibility index (Phi) is 7.23. The number of hydrogen-bond donors (Lipinski definition) is 2. The maximum Gasteiger partial charge on any atom is 0.328 e. The number of carbonyl (C=O) groups is 2. The van der Waals surface area contributed by atoms with Crippen molar-refractivity contribution in [3.63, 3.8) is 0 Å². The topological polar surface area (TPSA) is 67.4 Å². The van der Waals surface area contributed by atoms with Crippen LogP contribution in [0.1, 0.15) is 26.7 Å². The van der Waals surface area contributed by atoms with Gasteiger partial charge in [-0.2, -0.15) is 0 Å². The van der Waals surface area contributed by atoms with Crippen LogP contribution >= 0.6 is 11.8 Å². The first-order chi connectivity index (χ1) is 9.04. The zero-order valence-electron chi connectivity index (χ0n) is 11.9. The molecule has 2 N–H and O–H groups in total. The van der Waals surface area contributed by atoms with Crippen LogP contribution < -0.4 is 10.6 Å². The minimum atomic E-state index is -0.550. The molecule has 6 heteroatoms. The molecule has 1 atom stereocenters. The molecular weight excluding hydrogens is 264 g/mol. The molecule has 1 heterocycles. The van der Waals surface area contributed by atoms with Crippen molar-refractivity contribution >= 4 is 23.6 Å². The van der Waals surface area contributed by atoms with Crippen LogP contribution in [0.2, 0.25) is 0 Å². The van der Waals surface area contributed by atoms with Gasteiger partial charge in [-0.3, -0.25) is 4.79 Å². The van der Waals surface area contributed by atoms with Gasteiger partial charge in [-0.1, -0.05) is 13.8 Å². The summed E-state index contributed by atoms with van der Waals surface area (Å²) < 4.78 is 4.70. The van der Waals surface area contributed by atoms with Crippen molar-refractivity contribution in [2.45, 2.75) is 38.0 Å². The molecule has 1 fully saturated rings. The predicted octanol–water partition coefficient (Wildman–Crippen LogP) is 0.785. The maximum absolute atomic E-state index is 11.9. The molecule has 0 aromatic heterocycles. The van der Waals surface area contributed by atoms with E-state index in [4.69, 9.17) is 4.74 Å². The quantitative estimate of drug-likeness (QED) is 0.707. The molecule has 19 heavy (non-hydrogen) atoms. The Hall–Kier alpha value is -0.750. The fourth-order valence-corrected chi connectivity index (χ4v) is 3.03. The van der Waals surface area contributed by atoms with Gasteiger partial charge >= 0.3 is 5.97 Å². The summed E-state index contributed by atoms with van der Waals surface area (Å²) in [6, 6.07) is -0.550. The van der Waals surface area contributed by atoms with E-state index in [1.54, 1.807) is 11.8 Å². The summed E-state index contributed by atoms with van der Waals surface area (Å²) in [5.74, 6) is -0.0339. The number of carbonyl (C=O) groups excluding carboxylic acids is 2. The van der Waals surface area contributed by atoms with Crippen LogP contribution in [0.3, 0.4) is 0 Å². The molecule has 0 bridgehead atoms. The van der Waals surface area contributed by atoms with Crippen molar-refractivity contribution in [1.29, 1.82) is 0 Å². The minimum Gasteiger partial charge on any atom is -0.467 e. The third-order valence-electron chi connectivity index (χ3n) is 3.17. The van der Waals surface area contributed by atoms with Gasteiger partial charge in [0.15, 0.2) is 0 Å². The van der Waals surface area contributed by atoms with E-state index in [1.165, 1.54) is 7.11 Å². The first-order valence-corrected chi connectivity index (χ1v) is 7.79. The lowest BCUT2D eigenvalue weighted by Gasteiger charge is -2.23. The minimum absolute atomic E-state index is 0.0280. The van der Waals surface area contributed by atoms with Gasteiger partial charge < -0.3 is 15.4 Å². The van der Waals surface area contributed by atoms with E-state index in [2.05, 4.69) is 10.6 Å². The number of piperidine rings is 1. The normalized spacial score (nSPS) is 18.1. The van der Waals surface area contributed by atoms with Gasteiger partial charge in [0.1, 0.15) is 6.04 Å². The predicted molar refractivity (Wildman–Crippen MR) is 77.1 cm³/mol. The summed E-state index contributed by atoms with van der Waals surface area (Å²) in [5, 5.41) is 6.60. The van der Waals surface area contributed by atoms with Crippen LogP contribution in [-0.2, 0) is 14.3 Å². The van der Waals surface area contributed by atoms with Crippen molar-refractivity contribution in [1.82, 2.24) is 10.6 Å². The number of amides is 1. The molecule has 0 aromatic carbocycles. The zero-order valence-corrected chi connectivity index (χ0v) is 12.7. The van der Waals surface area contributed by atoms with Crippen molar-refractivity contribution in [2.24, 2.45) is 5.92 Å². The van der Waals surface area contributed by atoms with E-state index in [1.807, 2.05) is 13.8 Å². The smallest absolute Gasteiger partial charge is 0.328 e. The summed E-state index contributed by atoms with van der Waals surface area (Å²) in [6.45, 7) is 5.83. The summed E-state index contributed by atoms with van der Waals surface area (Å²) in [5.41, 5.74) is 0. The lowest BCUT2D eigenvalue weighted by molar-refractivity contribution is -0.146. The van der Waals surface area contributed by atoms with Gasteiger partial charge in [0, 0.05) is 5.25 Å². The molecule has 1 aliphatic rings. The van der Waals surface area contributed by atoms with E-state index in [0.717, 1.165) is 25.9 Å². The number of ether oxygens (including phenoxy) is 1. The molecule has 1 amide bonds. The SMILES string of the molecule is COC(=O)C(NC(=O)CSC1CCNCC1)C(C)C. The first-order valence-electron chi connectivity index (χ1n) is 6.74. The highest BCUT2D eigenvalue weighted by Crippen LogP contribution is 2.19. The molecule has 5 nitrogen and oxygen atoms in total. The number of hydrogen-bond acceptors (Lipinski definition) is 5. The molecule has 1 saturated heterocycles. The average molecular weight is 288 g/mol. The Balaban J connectivity index is 2.33. The third-order valence-corrected chi connectivity index (χ3v) is 4.55. The highest BCUT2D eigenvalue weighted by molar-refractivity contribution is 8.00. The average Bonchev–Trinajstić information content (AvgIpc) is 2.42. The summed E-state index contributed by atoms with van der Waals surface area (Å²) in [4.78, 5) is 23.4. The highest BCUT2D eigenvalue weighted by atomic mass is 32.2. The summed E-state index contributed by atoms with van der Waals surface area (Å²) in [6.07, 6.45) is 2.20. The highest BCUT2D eigenvalue weighted by Gasteiger charge is 2.25. The standard InChI is InChI=1S/C13H24N2O3S/c1-9(2)12(13(17)18-3)15-11(16)8-19-10-4-6-14-7-5-10/h9-10,12,14H,4-8H2,1-3H3,(H,15,16). The van der Waals surface area contributed by atoms with E-state index in [-0.39, 0.29) is 17.8 Å². The second-order valence-electron chi connectivity index (χ2n) is 5.07. The monoisotopic (exact) mass is 288 g/mol. The van der Waals surface area contributed by atoms with Crippen molar-refractivity contribution in [3.05, 3.63) is 0 Å². The Labute approximate surface area is 119 Å². The van der Waals surface area contributed by atoms with Crippen molar-refractivity contribution < 1.29 is 14.3 Å². The molecule has 1 unspecified atom stereocenters. The largest absolute Gasteiger partial charge is 0.467 e. The van der Waals surface area contributed by atoms with Gasteiger partial charge in [0.2, 0.25) is 5.91 Å². The van der Waals surface area contributed by atoms with Gasteiger partial charge in [-0.15, -0.1) is 11.8 Å². The summed E-state index contributed by atoms with van der Waals surface area (Å²) in [7, 11) is 1.34. The molecule has 0 radical (unpaired) electrons. The van der Waals surface area contributed by atoms with Crippen molar-refractivity contribution in [3.8, 4) is 0 Å². The Morgan fingerprint density at radius 3 is 2.53 bits per heavy atom. The number of esters is 1. The lowest BCUT2D eigenvalue weighted by atomic mass is 10.1. The van der Waals surface area contributed by atoms with Gasteiger partial charge in [0.25, 0.3) is 0 Å². The number of methoxy groups -OCH3 is 1. The Morgan fingerprint density at radius 1 is 1.37 bits per heavy atom. The Morgan fingerprint density at radius 2 is 2.00 bits per heavy atom. The molecule has 110 valence electrons. The zero-order chi connectivity index (χ0) is 14.3. The van der Waals surface area contributed by atoms with Crippen molar-refractivity contribution in [2.75, 3.05) is 26.0 Å². The second kappa shape index (κ2) is 8.43. The molecule has 0 spiro atoms. The van der Waals surface area contributed by atoms with Crippen LogP contribution in [0.5, 0.6) is 0 Å². The number of thioether (sulfide) groups is 1. The van der Waals surface area contributed by atoms with Crippen LogP contribution in [0, 0.1) is 5.92 Å². The number of rotatable bonds is 6. The van der Waals surface area contributed by atoms with Crippen LogP contribution in [0.25, 0.3) is 0 Å². The Bertz CT molecular complexity index is 304. The number of nitrogens with one attached hydrogen (secondary N) is 2. The lowest BCUT2D eigenvalue weighted by Crippen LogP contribution is -2.46. The van der Waals surface area contributed by atoms with Crippen LogP contribution in [-0.4, -0.2) is 49.1 Å². The molecule has 0 aromatic rings.